The van der Waals surface area contributed by atoms with E-state index in [1.165, 1.54) is 4.57 Å². The summed E-state index contributed by atoms with van der Waals surface area (Å²) in [6.07, 6.45) is 6.35. The summed E-state index contributed by atoms with van der Waals surface area (Å²) in [6, 6.07) is 5.64. The number of aromatic hydroxyl groups is 2. The van der Waals surface area contributed by atoms with E-state index >= 15 is 0 Å². The van der Waals surface area contributed by atoms with Crippen molar-refractivity contribution in [3.63, 3.8) is 0 Å². The highest BCUT2D eigenvalue weighted by molar-refractivity contribution is 5.94. The topological polar surface area (TPSA) is 74.5 Å². The highest BCUT2D eigenvalue weighted by Gasteiger charge is 2.41. The number of amides is 1. The number of aryl methyl sites for hydroxylation is 1. The van der Waals surface area contributed by atoms with Crippen molar-refractivity contribution in [2.24, 2.45) is 0 Å². The Morgan fingerprint density at radius 3 is 2.43 bits per heavy atom. The second kappa shape index (κ2) is 4.19. The molecule has 5 heteroatoms. The summed E-state index contributed by atoms with van der Waals surface area (Å²) < 4.78 is 1.48. The smallest absolute Gasteiger partial charge is 0.224 e. The van der Waals surface area contributed by atoms with Crippen molar-refractivity contribution in [1.29, 1.82) is 0 Å². The molecular weight excluding hydrogens is 292 g/mol. The largest absolute Gasteiger partial charge is 0.494 e. The maximum Gasteiger partial charge on any atom is 0.224 e. The Kier molecular flexibility index (Phi) is 2.33. The van der Waals surface area contributed by atoms with Gasteiger partial charge < -0.3 is 15.5 Å². The van der Waals surface area contributed by atoms with Crippen LogP contribution in [0, 0.1) is 0 Å². The quantitative estimate of drug-likeness (QED) is 0.709. The van der Waals surface area contributed by atoms with Crippen LogP contribution in [0.3, 0.4) is 0 Å². The second-order valence-corrected chi connectivity index (χ2v) is 6.53. The summed E-state index contributed by atoms with van der Waals surface area (Å²) in [5, 5.41) is 24.1. The van der Waals surface area contributed by atoms with Crippen LogP contribution in [-0.2, 0) is 11.2 Å². The van der Waals surface area contributed by atoms with Crippen LogP contribution in [0.25, 0.3) is 5.69 Å². The molecule has 0 saturated carbocycles. The molecule has 116 valence electrons. The van der Waals surface area contributed by atoms with E-state index in [2.05, 4.69) is 17.5 Å². The molecule has 5 nitrogen and oxygen atoms in total. The Bertz CT molecular complexity index is 859. The van der Waals surface area contributed by atoms with Gasteiger partial charge in [0.05, 0.1) is 5.69 Å². The van der Waals surface area contributed by atoms with Gasteiger partial charge in [0.1, 0.15) is 0 Å². The van der Waals surface area contributed by atoms with Gasteiger partial charge in [0.2, 0.25) is 17.7 Å². The molecule has 2 atom stereocenters. The van der Waals surface area contributed by atoms with E-state index in [9.17, 15) is 15.0 Å². The average molecular weight is 308 g/mol. The fourth-order valence-corrected chi connectivity index (χ4v) is 4.18. The third-order valence-electron chi connectivity index (χ3n) is 5.27. The van der Waals surface area contributed by atoms with Gasteiger partial charge in [-0.1, -0.05) is 18.2 Å². The first-order chi connectivity index (χ1) is 11.1. The van der Waals surface area contributed by atoms with Crippen LogP contribution in [0.5, 0.6) is 11.8 Å². The summed E-state index contributed by atoms with van der Waals surface area (Å²) in [4.78, 5) is 11.6. The number of aromatic nitrogens is 1. The third kappa shape index (κ3) is 1.59. The monoisotopic (exact) mass is 308 g/mol. The molecule has 23 heavy (non-hydrogen) atoms. The van der Waals surface area contributed by atoms with E-state index in [0.29, 0.717) is 12.1 Å². The van der Waals surface area contributed by atoms with E-state index in [4.69, 9.17) is 0 Å². The highest BCUT2D eigenvalue weighted by atomic mass is 16.3. The third-order valence-corrected chi connectivity index (χ3v) is 5.27. The minimum atomic E-state index is 0.000314. The van der Waals surface area contributed by atoms with Gasteiger partial charge in [0, 0.05) is 35.1 Å². The lowest BCUT2D eigenvalue weighted by Crippen LogP contribution is -2.19. The van der Waals surface area contributed by atoms with Crippen LogP contribution in [0.15, 0.2) is 30.4 Å². The number of nitrogens with one attached hydrogen (secondary N) is 1. The predicted molar refractivity (Wildman–Crippen MR) is 85.3 cm³/mol. The molecule has 2 bridgehead atoms. The molecule has 1 aromatic carbocycles. The van der Waals surface area contributed by atoms with Crippen molar-refractivity contribution in [3.05, 3.63) is 47.0 Å². The van der Waals surface area contributed by atoms with Crippen molar-refractivity contribution < 1.29 is 15.0 Å². The first-order valence-corrected chi connectivity index (χ1v) is 7.91. The standard InChI is InChI=1S/C18H16N2O3/c21-14-6-4-9-3-5-12(8-13(9)19-14)20-17(22)15-10-1-2-11(7-10)16(15)18(20)23/h1-3,5,8,10-11,22-23H,4,6-7H2,(H,19,21)/t10-,11+. The number of carbonyl (C=O) groups is 1. The fourth-order valence-electron chi connectivity index (χ4n) is 4.18. The van der Waals surface area contributed by atoms with Crippen molar-refractivity contribution in [3.8, 4) is 17.4 Å². The number of benzene rings is 1. The molecule has 0 radical (unpaired) electrons. The molecule has 1 aliphatic heterocycles. The molecule has 0 fully saturated rings. The van der Waals surface area contributed by atoms with Crippen LogP contribution in [-0.4, -0.2) is 20.7 Å². The van der Waals surface area contributed by atoms with Crippen LogP contribution in [0.2, 0.25) is 0 Å². The zero-order chi connectivity index (χ0) is 15.7. The Hall–Kier alpha value is -2.69. The minimum Gasteiger partial charge on any atom is -0.494 e. The molecule has 1 aromatic heterocycles. The molecule has 3 aliphatic rings. The number of nitrogens with zero attached hydrogens (tertiary/aromatic N) is 1. The summed E-state index contributed by atoms with van der Waals surface area (Å²) >= 11 is 0. The molecule has 3 N–H and O–H groups in total. The number of anilines is 1. The number of hydrogen-bond donors (Lipinski definition) is 3. The maximum atomic E-state index is 11.6. The van der Waals surface area contributed by atoms with Crippen molar-refractivity contribution in [1.82, 2.24) is 4.57 Å². The van der Waals surface area contributed by atoms with E-state index in [1.54, 1.807) is 0 Å². The summed E-state index contributed by atoms with van der Waals surface area (Å²) in [7, 11) is 0. The predicted octanol–water partition coefficient (Wildman–Crippen LogP) is 2.91. The Morgan fingerprint density at radius 2 is 1.74 bits per heavy atom. The van der Waals surface area contributed by atoms with Crippen LogP contribution >= 0.6 is 0 Å². The molecule has 2 aliphatic carbocycles. The van der Waals surface area contributed by atoms with Crippen LogP contribution < -0.4 is 5.32 Å². The summed E-state index contributed by atoms with van der Waals surface area (Å²) in [6.45, 7) is 0. The minimum absolute atomic E-state index is 0.000314. The number of rotatable bonds is 1. The number of hydrogen-bond acceptors (Lipinski definition) is 3. The fraction of sp³-hybridized carbons (Fsp3) is 0.278. The lowest BCUT2D eigenvalue weighted by Gasteiger charge is -2.18. The number of fused-ring (bicyclic) bond motifs is 6. The normalized spacial score (nSPS) is 23.7. The zero-order valence-electron chi connectivity index (χ0n) is 12.4. The lowest BCUT2D eigenvalue weighted by molar-refractivity contribution is -0.116. The van der Waals surface area contributed by atoms with Gasteiger partial charge in [-0.15, -0.1) is 0 Å². The molecule has 2 heterocycles. The van der Waals surface area contributed by atoms with Crippen molar-refractivity contribution in [2.75, 3.05) is 5.32 Å². The van der Waals surface area contributed by atoms with E-state index < -0.39 is 0 Å². The SMILES string of the molecule is O=C1CCc2ccc(-n3c(O)c4c(c3O)[C@H]3C=C[C@@H]4C3)cc2N1. The molecule has 0 spiro atoms. The van der Waals surface area contributed by atoms with Gasteiger partial charge in [-0.2, -0.15) is 0 Å². The van der Waals surface area contributed by atoms with Gasteiger partial charge in [-0.3, -0.25) is 9.36 Å². The number of carbonyl (C=O) groups excluding carboxylic acids is 1. The van der Waals surface area contributed by atoms with Gasteiger partial charge in [-0.05, 0) is 30.5 Å². The van der Waals surface area contributed by atoms with Gasteiger partial charge in [-0.25, -0.2) is 0 Å². The zero-order valence-corrected chi connectivity index (χ0v) is 12.4. The van der Waals surface area contributed by atoms with E-state index in [-0.39, 0.29) is 29.5 Å². The van der Waals surface area contributed by atoms with Crippen molar-refractivity contribution >= 4 is 11.6 Å². The lowest BCUT2D eigenvalue weighted by atomic mass is 10.0. The Balaban J connectivity index is 1.67. The van der Waals surface area contributed by atoms with Gasteiger partial charge >= 0.3 is 0 Å². The van der Waals surface area contributed by atoms with Crippen LogP contribution in [0.4, 0.5) is 5.69 Å². The molecule has 5 rings (SSSR count). The first-order valence-electron chi connectivity index (χ1n) is 7.91. The first kappa shape index (κ1) is 12.8. The molecule has 0 saturated heterocycles. The summed E-state index contributed by atoms with van der Waals surface area (Å²) in [5.74, 6) is 0.604. The number of allylic oxidation sites excluding steroid dienone is 2. The maximum absolute atomic E-state index is 11.6. The summed E-state index contributed by atoms with van der Waals surface area (Å²) in [5.41, 5.74) is 4.18. The Morgan fingerprint density at radius 1 is 1.04 bits per heavy atom. The van der Waals surface area contributed by atoms with E-state index in [1.807, 2.05) is 18.2 Å². The highest BCUT2D eigenvalue weighted by Crippen LogP contribution is 2.57. The van der Waals surface area contributed by atoms with Gasteiger partial charge in [0.25, 0.3) is 0 Å². The van der Waals surface area contributed by atoms with Crippen molar-refractivity contribution in [2.45, 2.75) is 31.1 Å². The van der Waals surface area contributed by atoms with E-state index in [0.717, 1.165) is 35.2 Å². The van der Waals surface area contributed by atoms with Gasteiger partial charge in [0.15, 0.2) is 0 Å². The van der Waals surface area contributed by atoms with Crippen LogP contribution in [0.1, 0.15) is 41.4 Å². The molecular formula is C18H16N2O3. The molecule has 2 aromatic rings. The molecule has 0 unspecified atom stereocenters. The average Bonchev–Trinajstić information content (AvgIpc) is 3.21. The Labute approximate surface area is 132 Å². The second-order valence-electron chi connectivity index (χ2n) is 6.53. The molecule has 1 amide bonds.